The van der Waals surface area contributed by atoms with E-state index in [2.05, 4.69) is 5.32 Å². The van der Waals surface area contributed by atoms with Gasteiger partial charge in [-0.2, -0.15) is 0 Å². The molecule has 1 N–H and O–H groups in total. The van der Waals surface area contributed by atoms with E-state index in [0.717, 1.165) is 38.4 Å². The lowest BCUT2D eigenvalue weighted by atomic mass is 9.67. The fraction of sp³-hybridized carbons (Fsp3) is 0.500. The molecule has 0 spiro atoms. The normalized spacial score (nSPS) is 26.1. The third-order valence-electron chi connectivity index (χ3n) is 6.58. The lowest BCUT2D eigenvalue weighted by Crippen LogP contribution is -2.62. The molecule has 2 unspecified atom stereocenters. The van der Waals surface area contributed by atoms with Gasteiger partial charge in [0.2, 0.25) is 17.7 Å². The molecule has 0 bridgehead atoms. The molecule has 4 amide bonds. The molecule has 3 fully saturated rings. The van der Waals surface area contributed by atoms with E-state index in [4.69, 9.17) is 0 Å². The number of carbonyl (C=O) groups excluding carboxylic acids is 4. The lowest BCUT2D eigenvalue weighted by molar-refractivity contribution is -0.142. The topological polar surface area (TPSA) is 86.8 Å². The van der Waals surface area contributed by atoms with Crippen molar-refractivity contribution in [1.82, 2.24) is 15.1 Å². The van der Waals surface area contributed by atoms with Crippen LogP contribution >= 0.6 is 22.7 Å². The third kappa shape index (κ3) is 2.98. The highest BCUT2D eigenvalue weighted by atomic mass is 32.2. The fourth-order valence-electron chi connectivity index (χ4n) is 4.84. The Balaban J connectivity index is 1.28. The number of hydrogen-bond acceptors (Lipinski definition) is 6. The Kier molecular flexibility index (Phi) is 4.47. The Hall–Kier alpha value is -2.26. The molecule has 2 aromatic rings. The smallest absolute Gasteiger partial charge is 0.264 e. The molecule has 152 valence electrons. The van der Waals surface area contributed by atoms with Crippen LogP contribution in [-0.2, 0) is 14.4 Å². The van der Waals surface area contributed by atoms with E-state index in [1.807, 2.05) is 22.4 Å². The molecule has 2 atom stereocenters. The van der Waals surface area contributed by atoms with E-state index >= 15 is 0 Å². The van der Waals surface area contributed by atoms with Gasteiger partial charge in [-0.05, 0) is 42.7 Å². The first-order valence-corrected chi connectivity index (χ1v) is 11.6. The number of rotatable bonds is 5. The molecule has 5 rings (SSSR count). The summed E-state index contributed by atoms with van der Waals surface area (Å²) < 4.78 is 1.15. The van der Waals surface area contributed by atoms with Crippen molar-refractivity contribution in [3.05, 3.63) is 22.4 Å². The molecule has 1 aliphatic carbocycles. The summed E-state index contributed by atoms with van der Waals surface area (Å²) in [7, 11) is 0. The Morgan fingerprint density at radius 3 is 2.69 bits per heavy atom. The van der Waals surface area contributed by atoms with E-state index in [0.29, 0.717) is 19.0 Å². The highest BCUT2D eigenvalue weighted by Gasteiger charge is 2.56. The predicted octanol–water partition coefficient (Wildman–Crippen LogP) is 2.22. The number of carbonyl (C=O) groups is 4. The molecule has 4 heterocycles. The summed E-state index contributed by atoms with van der Waals surface area (Å²) in [6.45, 7) is 0.847. The maximum absolute atomic E-state index is 13.2. The molecule has 9 heteroatoms. The largest absolute Gasteiger partial charge is 0.352 e. The van der Waals surface area contributed by atoms with Crippen LogP contribution in [0.4, 0.5) is 0 Å². The van der Waals surface area contributed by atoms with Crippen molar-refractivity contribution in [1.29, 1.82) is 0 Å². The maximum atomic E-state index is 13.2. The Morgan fingerprint density at radius 2 is 2.00 bits per heavy atom. The van der Waals surface area contributed by atoms with Crippen molar-refractivity contribution < 1.29 is 19.2 Å². The predicted molar refractivity (Wildman–Crippen MR) is 110 cm³/mol. The highest BCUT2D eigenvalue weighted by molar-refractivity contribution is 7.38. The van der Waals surface area contributed by atoms with Gasteiger partial charge >= 0.3 is 0 Å². The minimum Gasteiger partial charge on any atom is -0.352 e. The second-order valence-electron chi connectivity index (χ2n) is 8.01. The van der Waals surface area contributed by atoms with Crippen LogP contribution in [0, 0.1) is 5.92 Å². The second kappa shape index (κ2) is 6.91. The first-order chi connectivity index (χ1) is 14.0. The van der Waals surface area contributed by atoms with E-state index < -0.39 is 0 Å². The average molecular weight is 432 g/mol. The molecular weight excluding hydrogens is 410 g/mol. The molecule has 0 aromatic carbocycles. The number of amides is 4. The maximum Gasteiger partial charge on any atom is 0.264 e. The third-order valence-corrected chi connectivity index (χ3v) is 8.77. The van der Waals surface area contributed by atoms with Gasteiger partial charge in [0.25, 0.3) is 5.91 Å². The molecule has 29 heavy (non-hydrogen) atoms. The summed E-state index contributed by atoms with van der Waals surface area (Å²) in [4.78, 5) is 52.8. The zero-order chi connectivity index (χ0) is 20.2. The quantitative estimate of drug-likeness (QED) is 0.736. The molecule has 3 aliphatic rings. The van der Waals surface area contributed by atoms with Crippen LogP contribution in [0.5, 0.6) is 0 Å². The minimum atomic E-state index is -0.344. The molecule has 2 saturated heterocycles. The number of hydrogen-bond donors (Lipinski definition) is 1. The van der Waals surface area contributed by atoms with Gasteiger partial charge < -0.3 is 10.2 Å². The zero-order valence-corrected chi connectivity index (χ0v) is 17.4. The van der Waals surface area contributed by atoms with Gasteiger partial charge in [0, 0.05) is 31.3 Å². The number of nitrogens with zero attached hydrogens (tertiary/aromatic N) is 2. The molecular formula is C20H21N3O4S2. The van der Waals surface area contributed by atoms with Gasteiger partial charge in [-0.1, -0.05) is 0 Å². The van der Waals surface area contributed by atoms with E-state index in [1.165, 1.54) is 11.3 Å². The van der Waals surface area contributed by atoms with Crippen molar-refractivity contribution in [3.8, 4) is 0 Å². The van der Waals surface area contributed by atoms with Crippen molar-refractivity contribution >= 4 is 55.7 Å². The standard InChI is InChI=1S/C20H21N3O4S2/c24-15(10-22-16(25)1-2-17(22)26)21-11-20-6-3-13(20)4-7-23(20)18(27)14-9-12-5-8-28-19(12)29-14/h5,8-9,13H,1-4,6-7,10-11H2,(H,21,24). The van der Waals surface area contributed by atoms with Gasteiger partial charge in [0.1, 0.15) is 6.54 Å². The van der Waals surface area contributed by atoms with Crippen molar-refractivity contribution in [3.63, 3.8) is 0 Å². The lowest BCUT2D eigenvalue weighted by Gasteiger charge is -2.50. The van der Waals surface area contributed by atoms with Crippen LogP contribution in [0.25, 0.3) is 9.40 Å². The van der Waals surface area contributed by atoms with E-state index in [9.17, 15) is 19.2 Å². The first-order valence-electron chi connectivity index (χ1n) is 9.87. The molecule has 2 aliphatic heterocycles. The molecule has 1 saturated carbocycles. The summed E-state index contributed by atoms with van der Waals surface area (Å²) >= 11 is 3.17. The Bertz CT molecular complexity index is 984. The first kappa shape index (κ1) is 18.7. The van der Waals surface area contributed by atoms with Gasteiger partial charge in [-0.25, -0.2) is 0 Å². The molecule has 0 radical (unpaired) electrons. The number of thiophene rings is 2. The van der Waals surface area contributed by atoms with Gasteiger partial charge in [-0.3, -0.25) is 24.1 Å². The average Bonchev–Trinajstić information content (AvgIpc) is 3.40. The van der Waals surface area contributed by atoms with Crippen LogP contribution in [0.2, 0.25) is 0 Å². The number of fused-ring (bicyclic) bond motifs is 2. The van der Waals surface area contributed by atoms with Crippen molar-refractivity contribution in [2.24, 2.45) is 5.92 Å². The monoisotopic (exact) mass is 431 g/mol. The van der Waals surface area contributed by atoms with Crippen LogP contribution < -0.4 is 5.32 Å². The van der Waals surface area contributed by atoms with Gasteiger partial charge in [-0.15, -0.1) is 22.7 Å². The SMILES string of the molecule is O=C(CN1C(=O)CCC1=O)NCC12CCC1CCN2C(=O)c1cc2ccsc2s1. The Labute approximate surface area is 175 Å². The Morgan fingerprint density at radius 1 is 1.21 bits per heavy atom. The van der Waals surface area contributed by atoms with Crippen LogP contribution in [-0.4, -0.2) is 58.6 Å². The summed E-state index contributed by atoms with van der Waals surface area (Å²) in [5.74, 6) is -0.493. The summed E-state index contributed by atoms with van der Waals surface area (Å²) in [5.41, 5.74) is -0.344. The number of likely N-dealkylation sites (tertiary alicyclic amines) is 2. The van der Waals surface area contributed by atoms with Gasteiger partial charge in [0.05, 0.1) is 14.4 Å². The second-order valence-corrected chi connectivity index (χ2v) is 10.2. The van der Waals surface area contributed by atoms with Crippen molar-refractivity contribution in [2.45, 2.75) is 37.6 Å². The van der Waals surface area contributed by atoms with E-state index in [-0.39, 0.29) is 48.6 Å². The van der Waals surface area contributed by atoms with E-state index in [1.54, 1.807) is 11.3 Å². The number of nitrogens with one attached hydrogen (secondary N) is 1. The summed E-state index contributed by atoms with van der Waals surface area (Å²) in [6, 6.07) is 3.99. The molecule has 2 aromatic heterocycles. The van der Waals surface area contributed by atoms with Crippen LogP contribution in [0.1, 0.15) is 41.8 Å². The number of imide groups is 1. The highest BCUT2D eigenvalue weighted by Crippen LogP contribution is 2.50. The molecule has 7 nitrogen and oxygen atoms in total. The fourth-order valence-corrected chi connectivity index (χ4v) is 6.90. The van der Waals surface area contributed by atoms with Gasteiger partial charge in [0.15, 0.2) is 0 Å². The summed E-state index contributed by atoms with van der Waals surface area (Å²) in [6.07, 6.45) is 3.23. The minimum absolute atomic E-state index is 0.0414. The van der Waals surface area contributed by atoms with Crippen LogP contribution in [0.15, 0.2) is 17.5 Å². The zero-order valence-electron chi connectivity index (χ0n) is 15.8. The summed E-state index contributed by atoms with van der Waals surface area (Å²) in [5, 5.41) is 6.03. The van der Waals surface area contributed by atoms with Crippen LogP contribution in [0.3, 0.4) is 0 Å². The van der Waals surface area contributed by atoms with Crippen molar-refractivity contribution in [2.75, 3.05) is 19.6 Å².